The third-order valence-corrected chi connectivity index (χ3v) is 1.22. The van der Waals surface area contributed by atoms with Crippen molar-refractivity contribution in [2.75, 3.05) is 12.0 Å². The molecule has 0 aliphatic heterocycles. The summed E-state index contributed by atoms with van der Waals surface area (Å²) in [6, 6.07) is 0. The predicted octanol–water partition coefficient (Wildman–Crippen LogP) is 1.92. The van der Waals surface area contributed by atoms with E-state index in [4.69, 9.17) is 0 Å². The highest BCUT2D eigenvalue weighted by Crippen LogP contribution is 1.91. The van der Waals surface area contributed by atoms with Gasteiger partial charge in [-0.15, -0.1) is 0 Å². The summed E-state index contributed by atoms with van der Waals surface area (Å²) in [7, 11) is 0. The number of hydrogen-bond donors (Lipinski definition) is 1. The molecule has 0 saturated heterocycles. The molecular weight excluding hydrogens is 94.1 g/mol. The quantitative estimate of drug-likeness (QED) is 0.585. The predicted molar refractivity (Wildman–Crippen MR) is 33.7 cm³/mol. The maximum atomic E-state index is 2.19. The van der Waals surface area contributed by atoms with E-state index in [0.29, 0.717) is 0 Å². The van der Waals surface area contributed by atoms with E-state index in [2.05, 4.69) is 13.2 Å². The molecule has 0 rings (SSSR count). The lowest BCUT2D eigenvalue weighted by molar-refractivity contribution is 1.11. The Bertz CT molecular complexity index is 15.0. The van der Waals surface area contributed by atoms with Crippen molar-refractivity contribution in [3.8, 4) is 0 Å². The molecule has 0 heterocycles. The van der Waals surface area contributed by atoms with E-state index < -0.39 is 0 Å². The minimum Gasteiger partial charge on any atom is -0.344 e. The SMILES string of the molecule is CCCSC.N. The summed E-state index contributed by atoms with van der Waals surface area (Å²) < 4.78 is 0. The molecule has 6 heavy (non-hydrogen) atoms. The van der Waals surface area contributed by atoms with Crippen molar-refractivity contribution in [3.05, 3.63) is 0 Å². The van der Waals surface area contributed by atoms with E-state index in [-0.39, 0.29) is 6.15 Å². The molecular formula is C4H13NS. The van der Waals surface area contributed by atoms with Gasteiger partial charge in [-0.05, 0) is 18.4 Å². The van der Waals surface area contributed by atoms with Crippen LogP contribution in [0.1, 0.15) is 13.3 Å². The minimum atomic E-state index is 0. The fourth-order valence-corrected chi connectivity index (χ4v) is 0.612. The lowest BCUT2D eigenvalue weighted by Gasteiger charge is -1.80. The van der Waals surface area contributed by atoms with Gasteiger partial charge in [-0.25, -0.2) is 0 Å². The average Bonchev–Trinajstić information content (AvgIpc) is 1.41. The highest BCUT2D eigenvalue weighted by molar-refractivity contribution is 7.98. The molecule has 40 valence electrons. The van der Waals surface area contributed by atoms with Gasteiger partial charge in [0.15, 0.2) is 0 Å². The summed E-state index contributed by atoms with van der Waals surface area (Å²) in [4.78, 5) is 0. The van der Waals surface area contributed by atoms with Gasteiger partial charge in [0.1, 0.15) is 0 Å². The van der Waals surface area contributed by atoms with E-state index in [1.165, 1.54) is 12.2 Å². The van der Waals surface area contributed by atoms with Crippen LogP contribution in [0.5, 0.6) is 0 Å². The molecule has 0 unspecified atom stereocenters. The first-order chi connectivity index (χ1) is 2.41. The van der Waals surface area contributed by atoms with Gasteiger partial charge in [-0.1, -0.05) is 6.92 Å². The molecule has 0 aromatic heterocycles. The molecule has 0 aromatic rings. The van der Waals surface area contributed by atoms with Crippen molar-refractivity contribution in [2.45, 2.75) is 13.3 Å². The highest BCUT2D eigenvalue weighted by atomic mass is 32.2. The van der Waals surface area contributed by atoms with Crippen LogP contribution in [0.2, 0.25) is 0 Å². The Hall–Kier alpha value is 0.310. The first-order valence-corrected chi connectivity index (χ1v) is 3.30. The van der Waals surface area contributed by atoms with Gasteiger partial charge in [0.2, 0.25) is 0 Å². The van der Waals surface area contributed by atoms with E-state index >= 15 is 0 Å². The third-order valence-electron chi connectivity index (χ3n) is 0.408. The smallest absolute Gasteiger partial charge is 0.00729 e. The van der Waals surface area contributed by atoms with Crippen molar-refractivity contribution in [3.63, 3.8) is 0 Å². The van der Waals surface area contributed by atoms with Crippen LogP contribution < -0.4 is 6.15 Å². The Morgan fingerprint density at radius 2 is 2.00 bits per heavy atom. The molecule has 0 aliphatic rings. The van der Waals surface area contributed by atoms with E-state index in [0.717, 1.165) is 0 Å². The molecule has 1 nitrogen and oxygen atoms in total. The van der Waals surface area contributed by atoms with Crippen LogP contribution in [0, 0.1) is 0 Å². The highest BCUT2D eigenvalue weighted by Gasteiger charge is 1.67. The van der Waals surface area contributed by atoms with Crippen LogP contribution in [0.25, 0.3) is 0 Å². The Morgan fingerprint density at radius 3 is 2.00 bits per heavy atom. The Labute approximate surface area is 44.1 Å². The van der Waals surface area contributed by atoms with Crippen molar-refractivity contribution in [1.29, 1.82) is 0 Å². The summed E-state index contributed by atoms with van der Waals surface area (Å²) in [5.74, 6) is 1.31. The van der Waals surface area contributed by atoms with Gasteiger partial charge in [0.25, 0.3) is 0 Å². The van der Waals surface area contributed by atoms with E-state index in [9.17, 15) is 0 Å². The Balaban J connectivity index is 0. The molecule has 2 heteroatoms. The topological polar surface area (TPSA) is 35.0 Å². The van der Waals surface area contributed by atoms with Gasteiger partial charge >= 0.3 is 0 Å². The molecule has 3 N–H and O–H groups in total. The lowest BCUT2D eigenvalue weighted by Crippen LogP contribution is -1.64. The molecule has 0 bridgehead atoms. The maximum Gasteiger partial charge on any atom is -0.00729 e. The fraction of sp³-hybridized carbons (Fsp3) is 1.00. The summed E-state index contributed by atoms with van der Waals surface area (Å²) in [6.45, 7) is 2.19. The minimum absolute atomic E-state index is 0. The molecule has 0 radical (unpaired) electrons. The molecule has 0 spiro atoms. The van der Waals surface area contributed by atoms with Gasteiger partial charge in [-0.2, -0.15) is 11.8 Å². The first kappa shape index (κ1) is 9.58. The van der Waals surface area contributed by atoms with Gasteiger partial charge in [0.05, 0.1) is 0 Å². The van der Waals surface area contributed by atoms with Crippen molar-refractivity contribution >= 4 is 11.8 Å². The van der Waals surface area contributed by atoms with E-state index in [1.54, 1.807) is 0 Å². The molecule has 0 atom stereocenters. The van der Waals surface area contributed by atoms with Crippen molar-refractivity contribution in [1.82, 2.24) is 6.15 Å². The largest absolute Gasteiger partial charge is 0.344 e. The monoisotopic (exact) mass is 107 g/mol. The van der Waals surface area contributed by atoms with Gasteiger partial charge in [-0.3, -0.25) is 0 Å². The zero-order valence-electron chi connectivity index (χ0n) is 4.53. The van der Waals surface area contributed by atoms with Gasteiger partial charge < -0.3 is 6.15 Å². The van der Waals surface area contributed by atoms with Crippen LogP contribution >= 0.6 is 11.8 Å². The number of rotatable bonds is 2. The summed E-state index contributed by atoms with van der Waals surface area (Å²) in [5.41, 5.74) is 0. The summed E-state index contributed by atoms with van der Waals surface area (Å²) in [5, 5.41) is 0. The second-order valence-electron chi connectivity index (χ2n) is 0.993. The second-order valence-corrected chi connectivity index (χ2v) is 1.98. The van der Waals surface area contributed by atoms with Crippen LogP contribution in [-0.2, 0) is 0 Å². The summed E-state index contributed by atoms with van der Waals surface area (Å²) in [6.07, 6.45) is 3.44. The van der Waals surface area contributed by atoms with Crippen LogP contribution in [0.15, 0.2) is 0 Å². The average molecular weight is 107 g/mol. The van der Waals surface area contributed by atoms with Crippen molar-refractivity contribution < 1.29 is 0 Å². The molecule has 0 fully saturated rings. The molecule has 0 amide bonds. The normalized spacial score (nSPS) is 7.00. The van der Waals surface area contributed by atoms with Crippen LogP contribution in [-0.4, -0.2) is 12.0 Å². The third kappa shape index (κ3) is 8.85. The van der Waals surface area contributed by atoms with Gasteiger partial charge in [0, 0.05) is 0 Å². The van der Waals surface area contributed by atoms with Crippen molar-refractivity contribution in [2.24, 2.45) is 0 Å². The van der Waals surface area contributed by atoms with Crippen LogP contribution in [0.4, 0.5) is 0 Å². The summed E-state index contributed by atoms with van der Waals surface area (Å²) >= 11 is 1.90. The lowest BCUT2D eigenvalue weighted by atomic mass is 10.6. The number of thioether (sulfide) groups is 1. The zero-order valence-corrected chi connectivity index (χ0v) is 5.35. The molecule has 0 aliphatic carbocycles. The molecule has 0 aromatic carbocycles. The Kier molecular flexibility index (Phi) is 14.4. The van der Waals surface area contributed by atoms with Crippen LogP contribution in [0.3, 0.4) is 0 Å². The zero-order chi connectivity index (χ0) is 4.12. The van der Waals surface area contributed by atoms with E-state index in [1.807, 2.05) is 11.8 Å². The number of hydrogen-bond acceptors (Lipinski definition) is 2. The molecule has 0 saturated carbocycles. The standard InChI is InChI=1S/C4H10S.H3N/c1-3-4-5-2;/h3-4H2,1-2H3;1H3. The Morgan fingerprint density at radius 1 is 1.50 bits per heavy atom. The first-order valence-electron chi connectivity index (χ1n) is 1.90. The second kappa shape index (κ2) is 9.00. The maximum absolute atomic E-state index is 2.19. The fourth-order valence-electron chi connectivity index (χ4n) is 0.204.